The molecular weight excluding hydrogens is 656 g/mol. The molecule has 0 bridgehead atoms. The van der Waals surface area contributed by atoms with Gasteiger partial charge in [0.15, 0.2) is 6.10 Å². The number of halogens is 2. The predicted molar refractivity (Wildman–Crippen MR) is 160 cm³/mol. The first-order chi connectivity index (χ1) is 21.4. The predicted octanol–water partition coefficient (Wildman–Crippen LogP) is 3.72. The van der Waals surface area contributed by atoms with Gasteiger partial charge in [-0.3, -0.25) is 18.7 Å². The van der Waals surface area contributed by atoms with Gasteiger partial charge in [0.1, 0.15) is 0 Å². The van der Waals surface area contributed by atoms with E-state index in [1.54, 1.807) is 11.8 Å². The summed E-state index contributed by atoms with van der Waals surface area (Å²) in [6, 6.07) is 6.01. The lowest BCUT2D eigenvalue weighted by molar-refractivity contribution is -0.143. The molecule has 1 fully saturated rings. The van der Waals surface area contributed by atoms with Crippen molar-refractivity contribution in [3.05, 3.63) is 48.0 Å². The van der Waals surface area contributed by atoms with Crippen molar-refractivity contribution in [2.45, 2.75) is 87.9 Å². The summed E-state index contributed by atoms with van der Waals surface area (Å²) in [5, 5.41) is 8.33. The van der Waals surface area contributed by atoms with E-state index in [9.17, 15) is 48.2 Å². The van der Waals surface area contributed by atoms with E-state index in [-0.39, 0.29) is 18.3 Å². The zero-order valence-electron chi connectivity index (χ0n) is 25.4. The largest absolute Gasteiger partial charge is 0.466 e. The quantitative estimate of drug-likeness (QED) is 0.0527. The molecule has 2 amide bonds. The van der Waals surface area contributed by atoms with E-state index in [1.165, 1.54) is 24.3 Å². The molecule has 1 aliphatic rings. The average molecular weight is 699 g/mol. The molecule has 0 aromatic heterocycles. The Hall–Kier alpha value is -2.71. The maximum absolute atomic E-state index is 15.6. The van der Waals surface area contributed by atoms with Crippen LogP contribution in [0.25, 0.3) is 0 Å². The van der Waals surface area contributed by atoms with E-state index in [2.05, 4.69) is 5.32 Å². The van der Waals surface area contributed by atoms with Crippen molar-refractivity contribution in [2.75, 3.05) is 19.7 Å². The number of carbonyl (C=O) groups excluding carboxylic acids is 3. The van der Waals surface area contributed by atoms with E-state index >= 15 is 8.78 Å². The number of rotatable bonds is 19. The van der Waals surface area contributed by atoms with Crippen molar-refractivity contribution in [3.63, 3.8) is 0 Å². The SMILES string of the molecule is CCOC(=O)CCCCCCN1C(=O)CC[C@@H]1/C=C/[C@@H](OC(=O)NCCCC(O)(P(=O)(O)O)P(=O)(O)O)C(F)(F)c1ccccc1. The number of carbonyl (C=O) groups is 3. The highest BCUT2D eigenvalue weighted by atomic mass is 31.2. The fourth-order valence-corrected chi connectivity index (χ4v) is 7.06. The smallest absolute Gasteiger partial charge is 0.407 e. The number of unbranched alkanes of at least 4 members (excludes halogenated alkanes) is 3. The number of amides is 2. The Bertz CT molecular complexity index is 1270. The van der Waals surface area contributed by atoms with E-state index in [0.29, 0.717) is 38.8 Å². The van der Waals surface area contributed by atoms with Crippen LogP contribution in [-0.4, -0.2) is 84.5 Å². The highest BCUT2D eigenvalue weighted by molar-refractivity contribution is 7.72. The molecule has 0 saturated carbocycles. The molecule has 0 spiro atoms. The summed E-state index contributed by atoms with van der Waals surface area (Å²) >= 11 is 0. The van der Waals surface area contributed by atoms with Crippen LogP contribution < -0.4 is 5.32 Å². The lowest BCUT2D eigenvalue weighted by atomic mass is 10.0. The molecule has 1 aliphatic heterocycles. The molecule has 0 unspecified atom stereocenters. The Morgan fingerprint density at radius 1 is 1.07 bits per heavy atom. The molecule has 18 heteroatoms. The van der Waals surface area contributed by atoms with Gasteiger partial charge in [0.25, 0.3) is 5.08 Å². The van der Waals surface area contributed by atoms with Crippen molar-refractivity contribution < 1.29 is 66.4 Å². The second-order valence-electron chi connectivity index (χ2n) is 10.8. The second kappa shape index (κ2) is 17.4. The molecule has 1 aromatic carbocycles. The first kappa shape index (κ1) is 39.5. The van der Waals surface area contributed by atoms with Gasteiger partial charge >= 0.3 is 33.2 Å². The number of alkyl carbamates (subject to hydrolysis) is 1. The summed E-state index contributed by atoms with van der Waals surface area (Å²) in [4.78, 5) is 74.9. The van der Waals surface area contributed by atoms with Crippen LogP contribution in [-0.2, 0) is 34.1 Å². The zero-order chi connectivity index (χ0) is 34.6. The molecule has 1 aromatic rings. The average Bonchev–Trinajstić information content (AvgIpc) is 3.33. The number of hydrogen-bond acceptors (Lipinski definition) is 8. The summed E-state index contributed by atoms with van der Waals surface area (Å²) in [5.74, 6) is -4.16. The minimum Gasteiger partial charge on any atom is -0.466 e. The van der Waals surface area contributed by atoms with Crippen LogP contribution in [0.5, 0.6) is 0 Å². The van der Waals surface area contributed by atoms with Gasteiger partial charge in [-0.05, 0) is 38.7 Å². The lowest BCUT2D eigenvalue weighted by Gasteiger charge is -2.29. The van der Waals surface area contributed by atoms with Gasteiger partial charge in [0.2, 0.25) is 5.91 Å². The van der Waals surface area contributed by atoms with Gasteiger partial charge in [0, 0.05) is 37.9 Å². The Kier molecular flexibility index (Phi) is 15.0. The number of ether oxygens (including phenoxy) is 2. The molecule has 2 atom stereocenters. The van der Waals surface area contributed by atoms with Crippen LogP contribution in [0, 0.1) is 0 Å². The minimum absolute atomic E-state index is 0.156. The number of aliphatic hydroxyl groups is 1. The Morgan fingerprint density at radius 3 is 2.30 bits per heavy atom. The molecule has 2 rings (SSSR count). The third kappa shape index (κ3) is 11.2. The summed E-state index contributed by atoms with van der Waals surface area (Å²) in [5.41, 5.74) is -0.465. The number of likely N-dealkylation sites (tertiary alicyclic amines) is 1. The lowest BCUT2D eigenvalue weighted by Crippen LogP contribution is -2.39. The standard InChI is InChI=1S/C28H42F2N2O12P2/c1-2-43-25(34)13-8-3-4-9-20-32-22(15-17-24(32)33)14-16-23(28(29,30)21-11-6-5-7-12-21)44-26(35)31-19-10-18-27(36,45(37,38)39)46(40,41)42/h5-7,11-12,14,16,22-23,36H,2-4,8-10,13,15,17-20H2,1H3,(H,31,35)(H2,37,38,39)(H2,40,41,42)/b16-14+/t22-,23+/m0/s1. The van der Waals surface area contributed by atoms with Crippen LogP contribution in [0.4, 0.5) is 13.6 Å². The van der Waals surface area contributed by atoms with Crippen molar-refractivity contribution in [1.29, 1.82) is 0 Å². The molecule has 6 N–H and O–H groups in total. The zero-order valence-corrected chi connectivity index (χ0v) is 27.2. The van der Waals surface area contributed by atoms with E-state index in [1.807, 2.05) is 0 Å². The van der Waals surface area contributed by atoms with E-state index in [4.69, 9.17) is 9.47 Å². The first-order valence-electron chi connectivity index (χ1n) is 14.8. The van der Waals surface area contributed by atoms with Gasteiger partial charge in [-0.2, -0.15) is 8.78 Å². The van der Waals surface area contributed by atoms with Crippen LogP contribution in [0.15, 0.2) is 42.5 Å². The molecular formula is C28H42F2N2O12P2. The van der Waals surface area contributed by atoms with Crippen molar-refractivity contribution in [1.82, 2.24) is 10.2 Å². The normalized spacial score (nSPS) is 16.9. The Morgan fingerprint density at radius 2 is 1.70 bits per heavy atom. The van der Waals surface area contributed by atoms with Crippen LogP contribution in [0.1, 0.15) is 70.3 Å². The van der Waals surface area contributed by atoms with Crippen LogP contribution in [0.3, 0.4) is 0 Å². The van der Waals surface area contributed by atoms with Crippen molar-refractivity contribution in [2.24, 2.45) is 0 Å². The van der Waals surface area contributed by atoms with Crippen molar-refractivity contribution in [3.8, 4) is 0 Å². The molecule has 260 valence electrons. The highest BCUT2D eigenvalue weighted by Crippen LogP contribution is 2.69. The summed E-state index contributed by atoms with van der Waals surface area (Å²) in [7, 11) is -11.4. The van der Waals surface area contributed by atoms with Gasteiger partial charge < -0.3 is 44.4 Å². The van der Waals surface area contributed by atoms with E-state index < -0.39 is 69.4 Å². The molecule has 14 nitrogen and oxygen atoms in total. The number of hydrogen-bond donors (Lipinski definition) is 6. The maximum Gasteiger partial charge on any atom is 0.407 e. The third-order valence-electron chi connectivity index (χ3n) is 7.36. The van der Waals surface area contributed by atoms with Crippen molar-refractivity contribution >= 4 is 33.2 Å². The summed E-state index contributed by atoms with van der Waals surface area (Å²) < 4.78 is 64.1. The fraction of sp³-hybridized carbons (Fsp3) is 0.607. The van der Waals surface area contributed by atoms with Gasteiger partial charge in [-0.25, -0.2) is 4.79 Å². The summed E-state index contributed by atoms with van der Waals surface area (Å²) in [6.07, 6.45) is 0.761. The fourth-order valence-electron chi connectivity index (χ4n) is 4.81. The summed E-state index contributed by atoms with van der Waals surface area (Å²) in [6.45, 7) is 1.86. The van der Waals surface area contributed by atoms with Crippen LogP contribution >= 0.6 is 15.2 Å². The number of alkyl halides is 2. The molecule has 0 radical (unpaired) electrons. The Labute approximate surface area is 265 Å². The van der Waals surface area contributed by atoms with Gasteiger partial charge in [-0.15, -0.1) is 0 Å². The number of benzene rings is 1. The molecule has 0 aliphatic carbocycles. The number of nitrogens with zero attached hydrogens (tertiary/aromatic N) is 1. The number of esters is 1. The maximum atomic E-state index is 15.6. The molecule has 46 heavy (non-hydrogen) atoms. The molecule has 1 heterocycles. The Balaban J connectivity index is 2.07. The number of nitrogens with one attached hydrogen (secondary N) is 1. The first-order valence-corrected chi connectivity index (χ1v) is 18.0. The van der Waals surface area contributed by atoms with Crippen LogP contribution in [0.2, 0.25) is 0 Å². The van der Waals surface area contributed by atoms with E-state index in [0.717, 1.165) is 31.1 Å². The van der Waals surface area contributed by atoms with Gasteiger partial charge in [-0.1, -0.05) is 49.2 Å². The van der Waals surface area contributed by atoms with Gasteiger partial charge in [0.05, 0.1) is 12.6 Å². The second-order valence-corrected chi connectivity index (χ2v) is 14.8. The third-order valence-corrected chi connectivity index (χ3v) is 11.2. The monoisotopic (exact) mass is 698 g/mol. The minimum atomic E-state index is -5.70. The topological polar surface area (TPSA) is 220 Å². The molecule has 1 saturated heterocycles. The highest BCUT2D eigenvalue weighted by Gasteiger charge is 2.58.